The normalized spacial score (nSPS) is 16.5. The molecule has 0 radical (unpaired) electrons. The Labute approximate surface area is 189 Å². The number of methoxy groups -OCH3 is 1. The van der Waals surface area contributed by atoms with Crippen LogP contribution in [0.3, 0.4) is 0 Å². The lowest BCUT2D eigenvalue weighted by Gasteiger charge is -2.24. The van der Waals surface area contributed by atoms with Crippen molar-refractivity contribution < 1.29 is 9.47 Å². The van der Waals surface area contributed by atoms with Crippen molar-refractivity contribution in [2.24, 2.45) is 5.92 Å². The smallest absolute Gasteiger partial charge is 0.119 e. The van der Waals surface area contributed by atoms with Crippen molar-refractivity contribution in [1.29, 1.82) is 0 Å². The molecule has 1 atom stereocenters. The van der Waals surface area contributed by atoms with Crippen LogP contribution >= 0.6 is 11.6 Å². The molecular formula is C25H32ClN3O2. The monoisotopic (exact) mass is 441 g/mol. The molecular weight excluding hydrogens is 410 g/mol. The van der Waals surface area contributed by atoms with Crippen molar-refractivity contribution >= 4 is 39.1 Å². The predicted molar refractivity (Wildman–Crippen MR) is 130 cm³/mol. The lowest BCUT2D eigenvalue weighted by molar-refractivity contribution is 0.166. The summed E-state index contributed by atoms with van der Waals surface area (Å²) < 4.78 is 11.0. The van der Waals surface area contributed by atoms with E-state index in [-0.39, 0.29) is 0 Å². The highest BCUT2D eigenvalue weighted by Gasteiger charge is 2.18. The molecule has 3 aromatic rings. The number of benzene rings is 2. The van der Waals surface area contributed by atoms with Gasteiger partial charge in [0.1, 0.15) is 5.75 Å². The molecule has 4 rings (SSSR count). The van der Waals surface area contributed by atoms with Crippen LogP contribution in [0.15, 0.2) is 36.4 Å². The number of nitrogens with zero attached hydrogens (tertiary/aromatic N) is 2. The standard InChI is InChI=1S/C25H32ClN3O2/c1-3-11-29(16-18-9-13-31-17-18)12-4-10-27-25-21-7-5-19(26)14-24(21)28-23-8-6-20(30-2)15-22(23)25/h5-8,14-15,18H,3-4,9-13,16-17H2,1-2H3,(H,27,28). The highest BCUT2D eigenvalue weighted by atomic mass is 35.5. The number of nitrogens with one attached hydrogen (secondary N) is 1. The quantitative estimate of drug-likeness (QED) is 0.327. The van der Waals surface area contributed by atoms with Gasteiger partial charge in [0, 0.05) is 35.5 Å². The Morgan fingerprint density at radius 1 is 1.16 bits per heavy atom. The maximum atomic E-state index is 6.24. The van der Waals surface area contributed by atoms with E-state index in [1.54, 1.807) is 7.11 Å². The summed E-state index contributed by atoms with van der Waals surface area (Å²) in [6, 6.07) is 11.9. The minimum absolute atomic E-state index is 0.685. The summed E-state index contributed by atoms with van der Waals surface area (Å²) in [6.07, 6.45) is 3.45. The molecule has 0 aliphatic carbocycles. The third-order valence-electron chi connectivity index (χ3n) is 5.98. The van der Waals surface area contributed by atoms with E-state index in [4.69, 9.17) is 26.1 Å². The molecule has 2 heterocycles. The maximum Gasteiger partial charge on any atom is 0.119 e. The number of aromatic nitrogens is 1. The number of hydrogen-bond donors (Lipinski definition) is 1. The van der Waals surface area contributed by atoms with Crippen LogP contribution in [0.1, 0.15) is 26.2 Å². The number of halogens is 1. The zero-order valence-electron chi connectivity index (χ0n) is 18.5. The molecule has 0 amide bonds. The van der Waals surface area contributed by atoms with Gasteiger partial charge in [0.25, 0.3) is 0 Å². The Morgan fingerprint density at radius 3 is 2.84 bits per heavy atom. The molecule has 0 spiro atoms. The molecule has 0 saturated carbocycles. The average Bonchev–Trinajstić information content (AvgIpc) is 3.28. The molecule has 6 heteroatoms. The molecule has 166 valence electrons. The minimum Gasteiger partial charge on any atom is -0.497 e. The minimum atomic E-state index is 0.685. The van der Waals surface area contributed by atoms with Gasteiger partial charge in [-0.3, -0.25) is 0 Å². The Balaban J connectivity index is 1.50. The molecule has 1 unspecified atom stereocenters. The molecule has 1 fully saturated rings. The molecule has 2 aromatic carbocycles. The maximum absolute atomic E-state index is 6.24. The summed E-state index contributed by atoms with van der Waals surface area (Å²) in [4.78, 5) is 7.40. The molecule has 31 heavy (non-hydrogen) atoms. The van der Waals surface area contributed by atoms with Crippen molar-refractivity contribution in [1.82, 2.24) is 9.88 Å². The van der Waals surface area contributed by atoms with Crippen LogP contribution in [0.2, 0.25) is 5.02 Å². The second-order valence-electron chi connectivity index (χ2n) is 8.34. The average molecular weight is 442 g/mol. The van der Waals surface area contributed by atoms with Gasteiger partial charge in [-0.05, 0) is 74.7 Å². The fourth-order valence-corrected chi connectivity index (χ4v) is 4.60. The van der Waals surface area contributed by atoms with Gasteiger partial charge in [-0.15, -0.1) is 0 Å². The van der Waals surface area contributed by atoms with Crippen molar-refractivity contribution in [3.05, 3.63) is 41.4 Å². The molecule has 1 saturated heterocycles. The van der Waals surface area contributed by atoms with Gasteiger partial charge in [0.05, 0.1) is 30.4 Å². The van der Waals surface area contributed by atoms with E-state index in [0.717, 1.165) is 79.1 Å². The van der Waals surface area contributed by atoms with E-state index in [1.807, 2.05) is 24.3 Å². The van der Waals surface area contributed by atoms with Gasteiger partial charge in [-0.1, -0.05) is 18.5 Å². The molecule has 1 N–H and O–H groups in total. The molecule has 0 bridgehead atoms. The lowest BCUT2D eigenvalue weighted by atomic mass is 10.1. The zero-order chi connectivity index (χ0) is 21.6. The van der Waals surface area contributed by atoms with E-state index in [9.17, 15) is 0 Å². The topological polar surface area (TPSA) is 46.6 Å². The number of fused-ring (bicyclic) bond motifs is 2. The van der Waals surface area contributed by atoms with Gasteiger partial charge in [0.2, 0.25) is 0 Å². The van der Waals surface area contributed by atoms with E-state index in [0.29, 0.717) is 10.9 Å². The highest BCUT2D eigenvalue weighted by Crippen LogP contribution is 2.34. The van der Waals surface area contributed by atoms with Gasteiger partial charge in [-0.2, -0.15) is 0 Å². The number of anilines is 1. The fourth-order valence-electron chi connectivity index (χ4n) is 4.43. The summed E-state index contributed by atoms with van der Waals surface area (Å²) in [7, 11) is 1.69. The van der Waals surface area contributed by atoms with Crippen molar-refractivity contribution in [2.75, 3.05) is 51.8 Å². The van der Waals surface area contributed by atoms with Crippen LogP contribution in [0, 0.1) is 5.92 Å². The lowest BCUT2D eigenvalue weighted by Crippen LogP contribution is -2.32. The fraction of sp³-hybridized carbons (Fsp3) is 0.480. The summed E-state index contributed by atoms with van der Waals surface area (Å²) in [5, 5.41) is 6.56. The zero-order valence-corrected chi connectivity index (χ0v) is 19.3. The van der Waals surface area contributed by atoms with Crippen LogP contribution in [0.4, 0.5) is 5.69 Å². The van der Waals surface area contributed by atoms with Crippen molar-refractivity contribution in [2.45, 2.75) is 26.2 Å². The third kappa shape index (κ3) is 5.40. The number of rotatable bonds is 10. The Bertz CT molecular complexity index is 1020. The molecule has 5 nitrogen and oxygen atoms in total. The Hall–Kier alpha value is -2.08. The van der Waals surface area contributed by atoms with Gasteiger partial charge in [0.15, 0.2) is 0 Å². The first-order chi connectivity index (χ1) is 15.2. The van der Waals surface area contributed by atoms with E-state index < -0.39 is 0 Å². The van der Waals surface area contributed by atoms with Gasteiger partial charge >= 0.3 is 0 Å². The van der Waals surface area contributed by atoms with Gasteiger partial charge < -0.3 is 19.7 Å². The number of ether oxygens (including phenoxy) is 2. The van der Waals surface area contributed by atoms with Crippen LogP contribution in [0.25, 0.3) is 21.8 Å². The molecule has 1 aliphatic heterocycles. The summed E-state index contributed by atoms with van der Waals surface area (Å²) in [6.45, 7) is 8.37. The van der Waals surface area contributed by atoms with E-state index in [1.165, 1.54) is 12.8 Å². The van der Waals surface area contributed by atoms with Crippen LogP contribution in [0.5, 0.6) is 5.75 Å². The highest BCUT2D eigenvalue weighted by molar-refractivity contribution is 6.31. The van der Waals surface area contributed by atoms with E-state index in [2.05, 4.69) is 29.3 Å². The van der Waals surface area contributed by atoms with Crippen LogP contribution < -0.4 is 10.1 Å². The second kappa shape index (κ2) is 10.5. The summed E-state index contributed by atoms with van der Waals surface area (Å²) in [5.41, 5.74) is 2.94. The van der Waals surface area contributed by atoms with Crippen LogP contribution in [-0.4, -0.2) is 56.4 Å². The van der Waals surface area contributed by atoms with Gasteiger partial charge in [-0.25, -0.2) is 4.98 Å². The van der Waals surface area contributed by atoms with Crippen LogP contribution in [-0.2, 0) is 4.74 Å². The van der Waals surface area contributed by atoms with Crippen molar-refractivity contribution in [3.63, 3.8) is 0 Å². The predicted octanol–water partition coefficient (Wildman–Crippen LogP) is 5.60. The summed E-state index contributed by atoms with van der Waals surface area (Å²) in [5.74, 6) is 1.52. The third-order valence-corrected chi connectivity index (χ3v) is 6.21. The first kappa shape index (κ1) is 22.1. The largest absolute Gasteiger partial charge is 0.497 e. The second-order valence-corrected chi connectivity index (χ2v) is 8.78. The molecule has 1 aliphatic rings. The molecule has 1 aromatic heterocycles. The Kier molecular flexibility index (Phi) is 7.49. The van der Waals surface area contributed by atoms with E-state index >= 15 is 0 Å². The SMILES string of the molecule is CCCN(CCCNc1c2ccc(Cl)cc2nc2ccc(OC)cc12)CC1CCOC1. The van der Waals surface area contributed by atoms with Crippen molar-refractivity contribution in [3.8, 4) is 5.75 Å². The number of hydrogen-bond acceptors (Lipinski definition) is 5. The first-order valence-electron chi connectivity index (χ1n) is 11.3. The number of pyridine rings is 1. The summed E-state index contributed by atoms with van der Waals surface area (Å²) >= 11 is 6.24. The Morgan fingerprint density at radius 2 is 2.06 bits per heavy atom. The first-order valence-corrected chi connectivity index (χ1v) is 11.7.